The lowest BCUT2D eigenvalue weighted by Crippen LogP contribution is -2.25. The molecule has 1 N–H and O–H groups in total. The number of rotatable bonds is 7. The topological polar surface area (TPSA) is 21.3 Å². The minimum absolute atomic E-state index is 0.0895. The minimum atomic E-state index is -4.32. The molecule has 2 atom stereocenters. The average Bonchev–Trinajstić information content (AvgIpc) is 2.38. The molecule has 21 heavy (non-hydrogen) atoms. The lowest BCUT2D eigenvalue weighted by molar-refractivity contribution is -0.137. The molecule has 0 fully saturated rings. The molecule has 0 saturated carbocycles. The van der Waals surface area contributed by atoms with Gasteiger partial charge in [0, 0.05) is 0 Å². The molecule has 0 spiro atoms. The Labute approximate surface area is 124 Å². The summed E-state index contributed by atoms with van der Waals surface area (Å²) in [6.07, 6.45) is -3.30. The van der Waals surface area contributed by atoms with Gasteiger partial charge in [-0.05, 0) is 44.0 Å². The number of likely N-dealkylation sites (N-methyl/N-ethyl adjacent to an activating group) is 1. The van der Waals surface area contributed by atoms with E-state index in [0.29, 0.717) is 18.1 Å². The third kappa shape index (κ3) is 6.06. The van der Waals surface area contributed by atoms with Gasteiger partial charge in [0.1, 0.15) is 0 Å². The molecule has 1 aromatic rings. The largest absolute Gasteiger partial charge is 0.416 e. The highest BCUT2D eigenvalue weighted by molar-refractivity contribution is 5.28. The molecule has 0 bridgehead atoms. The highest BCUT2D eigenvalue weighted by Crippen LogP contribution is 2.30. The minimum Gasteiger partial charge on any atom is -0.377 e. The summed E-state index contributed by atoms with van der Waals surface area (Å²) in [5.41, 5.74) is -0.0421. The summed E-state index contributed by atoms with van der Waals surface area (Å²) < 4.78 is 44.0. The fourth-order valence-electron chi connectivity index (χ4n) is 2.27. The second-order valence-corrected chi connectivity index (χ2v) is 5.74. The molecule has 2 nitrogen and oxygen atoms in total. The quantitative estimate of drug-likeness (QED) is 0.805. The van der Waals surface area contributed by atoms with Crippen LogP contribution >= 0.6 is 0 Å². The van der Waals surface area contributed by atoms with Crippen LogP contribution in [0.1, 0.15) is 44.4 Å². The molecular formula is C16H24F3NO. The number of ether oxygens (including phenoxy) is 1. The molecule has 0 radical (unpaired) electrons. The maximum atomic E-state index is 12.7. The lowest BCUT2D eigenvalue weighted by Gasteiger charge is -2.22. The van der Waals surface area contributed by atoms with E-state index in [4.69, 9.17) is 4.74 Å². The summed E-state index contributed by atoms with van der Waals surface area (Å²) in [5, 5.41) is 3.01. The summed E-state index contributed by atoms with van der Waals surface area (Å²) in [5.74, 6) is 0.529. The van der Waals surface area contributed by atoms with Crippen LogP contribution in [0.5, 0.6) is 0 Å². The Balaban J connectivity index is 2.72. The first-order valence-corrected chi connectivity index (χ1v) is 7.20. The highest BCUT2D eigenvalue weighted by atomic mass is 19.4. The van der Waals surface area contributed by atoms with Crippen LogP contribution in [0.4, 0.5) is 13.2 Å². The van der Waals surface area contributed by atoms with Gasteiger partial charge in [-0.25, -0.2) is 0 Å². The molecule has 120 valence electrons. The SMILES string of the molecule is CNC(COC(C)CC(C)C)c1cccc(C(F)(F)F)c1. The van der Waals surface area contributed by atoms with Crippen LogP contribution in [0.3, 0.4) is 0 Å². The van der Waals surface area contributed by atoms with Gasteiger partial charge >= 0.3 is 6.18 Å². The van der Waals surface area contributed by atoms with Crippen molar-refractivity contribution < 1.29 is 17.9 Å². The summed E-state index contributed by atoms with van der Waals surface area (Å²) >= 11 is 0. The zero-order valence-corrected chi connectivity index (χ0v) is 13.0. The van der Waals surface area contributed by atoms with Crippen LogP contribution < -0.4 is 5.32 Å². The number of benzene rings is 1. The average molecular weight is 303 g/mol. The molecule has 0 saturated heterocycles. The first-order chi connectivity index (χ1) is 9.74. The fraction of sp³-hybridized carbons (Fsp3) is 0.625. The molecule has 2 unspecified atom stereocenters. The van der Waals surface area contributed by atoms with Crippen LogP contribution in [0.25, 0.3) is 0 Å². The van der Waals surface area contributed by atoms with Crippen LogP contribution in [0, 0.1) is 5.92 Å². The first kappa shape index (κ1) is 18.0. The Morgan fingerprint density at radius 3 is 2.38 bits per heavy atom. The third-order valence-corrected chi connectivity index (χ3v) is 3.32. The summed E-state index contributed by atoms with van der Waals surface area (Å²) in [6.45, 7) is 6.56. The highest BCUT2D eigenvalue weighted by Gasteiger charge is 2.30. The van der Waals surface area contributed by atoms with E-state index < -0.39 is 11.7 Å². The second-order valence-electron chi connectivity index (χ2n) is 5.74. The molecule has 0 aliphatic rings. The molecule has 0 heterocycles. The van der Waals surface area contributed by atoms with Crippen molar-refractivity contribution in [2.75, 3.05) is 13.7 Å². The molecule has 5 heteroatoms. The van der Waals surface area contributed by atoms with E-state index in [1.807, 2.05) is 6.92 Å². The predicted octanol–water partition coefficient (Wildman–Crippen LogP) is 4.42. The van der Waals surface area contributed by atoms with E-state index in [1.54, 1.807) is 13.1 Å². The van der Waals surface area contributed by atoms with Gasteiger partial charge in [-0.15, -0.1) is 0 Å². The molecule has 0 aliphatic heterocycles. The summed E-state index contributed by atoms with van der Waals surface area (Å²) in [6, 6.07) is 5.13. The van der Waals surface area contributed by atoms with Crippen molar-refractivity contribution in [3.8, 4) is 0 Å². The molecule has 0 amide bonds. The van der Waals surface area contributed by atoms with Gasteiger partial charge in [-0.3, -0.25) is 0 Å². The van der Waals surface area contributed by atoms with E-state index in [1.165, 1.54) is 12.1 Å². The Hall–Kier alpha value is -1.07. The maximum absolute atomic E-state index is 12.7. The van der Waals surface area contributed by atoms with E-state index in [-0.39, 0.29) is 12.1 Å². The predicted molar refractivity (Wildman–Crippen MR) is 78.1 cm³/mol. The Kier molecular flexibility index (Phi) is 6.68. The number of nitrogens with one attached hydrogen (secondary N) is 1. The van der Waals surface area contributed by atoms with Crippen LogP contribution in [0.15, 0.2) is 24.3 Å². The Morgan fingerprint density at radius 2 is 1.86 bits per heavy atom. The second kappa shape index (κ2) is 7.80. The molecular weight excluding hydrogens is 279 g/mol. The van der Waals surface area contributed by atoms with E-state index in [9.17, 15) is 13.2 Å². The number of hydrogen-bond donors (Lipinski definition) is 1. The Bertz CT molecular complexity index is 432. The zero-order valence-electron chi connectivity index (χ0n) is 13.0. The zero-order chi connectivity index (χ0) is 16.0. The van der Waals surface area contributed by atoms with Crippen molar-refractivity contribution in [3.63, 3.8) is 0 Å². The van der Waals surface area contributed by atoms with Crippen LogP contribution in [0.2, 0.25) is 0 Å². The van der Waals surface area contributed by atoms with Crippen molar-refractivity contribution in [2.24, 2.45) is 5.92 Å². The maximum Gasteiger partial charge on any atom is 0.416 e. The molecule has 1 rings (SSSR count). The molecule has 1 aromatic carbocycles. The summed E-state index contributed by atoms with van der Waals surface area (Å²) in [4.78, 5) is 0. The van der Waals surface area contributed by atoms with E-state index >= 15 is 0 Å². The molecule has 0 aromatic heterocycles. The number of alkyl halides is 3. The first-order valence-electron chi connectivity index (χ1n) is 7.20. The van der Waals surface area contributed by atoms with Crippen molar-refractivity contribution >= 4 is 0 Å². The lowest BCUT2D eigenvalue weighted by atomic mass is 10.0. The van der Waals surface area contributed by atoms with Gasteiger partial charge in [-0.2, -0.15) is 13.2 Å². The van der Waals surface area contributed by atoms with E-state index in [2.05, 4.69) is 19.2 Å². The van der Waals surface area contributed by atoms with Crippen LogP contribution in [-0.4, -0.2) is 19.8 Å². The normalized spacial score (nSPS) is 15.2. The van der Waals surface area contributed by atoms with Gasteiger partial charge < -0.3 is 10.1 Å². The smallest absolute Gasteiger partial charge is 0.377 e. The summed E-state index contributed by atoms with van der Waals surface area (Å²) in [7, 11) is 1.72. The van der Waals surface area contributed by atoms with Crippen molar-refractivity contribution in [1.29, 1.82) is 0 Å². The number of hydrogen-bond acceptors (Lipinski definition) is 2. The van der Waals surface area contributed by atoms with Gasteiger partial charge in [0.25, 0.3) is 0 Å². The standard InChI is InChI=1S/C16H24F3NO/c1-11(2)8-12(3)21-10-15(20-4)13-6-5-7-14(9-13)16(17,18)19/h5-7,9,11-12,15,20H,8,10H2,1-4H3. The van der Waals surface area contributed by atoms with Gasteiger partial charge in [0.2, 0.25) is 0 Å². The van der Waals surface area contributed by atoms with Crippen molar-refractivity contribution in [2.45, 2.75) is 45.5 Å². The van der Waals surface area contributed by atoms with E-state index in [0.717, 1.165) is 12.5 Å². The molecule has 0 aliphatic carbocycles. The number of halogens is 3. The monoisotopic (exact) mass is 303 g/mol. The van der Waals surface area contributed by atoms with Crippen LogP contribution in [-0.2, 0) is 10.9 Å². The van der Waals surface area contributed by atoms with Gasteiger partial charge in [-0.1, -0.05) is 26.0 Å². The van der Waals surface area contributed by atoms with Gasteiger partial charge in [0.05, 0.1) is 24.3 Å². The van der Waals surface area contributed by atoms with Gasteiger partial charge in [0.15, 0.2) is 0 Å². The Morgan fingerprint density at radius 1 is 1.19 bits per heavy atom. The fourth-order valence-corrected chi connectivity index (χ4v) is 2.27. The van der Waals surface area contributed by atoms with Crippen molar-refractivity contribution in [3.05, 3.63) is 35.4 Å². The van der Waals surface area contributed by atoms with Crippen molar-refractivity contribution in [1.82, 2.24) is 5.32 Å². The third-order valence-electron chi connectivity index (χ3n) is 3.32.